The number of aliphatic hydroxyl groups is 2. The van der Waals surface area contributed by atoms with E-state index < -0.39 is 175 Å². The molecule has 0 rings (SSSR count). The van der Waals surface area contributed by atoms with Crippen LogP contribution < -0.4 is 0 Å². The summed E-state index contributed by atoms with van der Waals surface area (Å²) in [4.78, 5) is 153. The molecule has 0 fully saturated rings. The van der Waals surface area contributed by atoms with E-state index in [1.54, 1.807) is 166 Å². The summed E-state index contributed by atoms with van der Waals surface area (Å²) in [6, 6.07) is 0. The highest BCUT2D eigenvalue weighted by molar-refractivity contribution is 6.38. The Morgan fingerprint density at radius 1 is 0.345 bits per heavy atom. The van der Waals surface area contributed by atoms with Gasteiger partial charge in [0, 0.05) is 6.08 Å². The molecule has 0 saturated heterocycles. The van der Waals surface area contributed by atoms with Crippen LogP contribution in [-0.2, 0) is 119 Å². The third-order valence-corrected chi connectivity index (χ3v) is 8.90. The summed E-state index contributed by atoms with van der Waals surface area (Å²) >= 11 is 0. The molecular formula is C60H100O27. The molecule has 0 aliphatic carbocycles. The fraction of sp³-hybridized carbons (Fsp3) is 0.750. The van der Waals surface area contributed by atoms with Gasteiger partial charge in [0.05, 0.1) is 111 Å². The number of aliphatic hydroxyl groups excluding tert-OH is 1. The van der Waals surface area contributed by atoms with Crippen molar-refractivity contribution in [3.8, 4) is 0 Å². The lowest BCUT2D eigenvalue weighted by atomic mass is 9.95. The molecule has 0 aliphatic heterocycles. The summed E-state index contributed by atoms with van der Waals surface area (Å²) < 4.78 is 59.0. The second-order valence-electron chi connectivity index (χ2n) is 22.6. The molecule has 0 spiro atoms. The van der Waals surface area contributed by atoms with Crippen molar-refractivity contribution in [2.75, 3.05) is 0 Å². The van der Waals surface area contributed by atoms with Crippen molar-refractivity contribution in [1.29, 1.82) is 0 Å². The Balaban J connectivity index is -0.000000528. The molecular weight excluding hydrogens is 1150 g/mol. The number of Topliss-reactive ketones (excluding diaryl/α,β-unsaturated/α-hetero) is 1. The summed E-state index contributed by atoms with van der Waals surface area (Å²) in [7, 11) is 0. The first kappa shape index (κ1) is 86.4. The average molecular weight is 1250 g/mol. The summed E-state index contributed by atoms with van der Waals surface area (Å²) in [5.41, 5.74) is -2.39. The highest BCUT2D eigenvalue weighted by Gasteiger charge is 2.44. The largest absolute Gasteiger partial charge is 0.463 e. The predicted molar refractivity (Wildman–Crippen MR) is 309 cm³/mol. The van der Waals surface area contributed by atoms with E-state index in [-0.39, 0.29) is 36.4 Å². The lowest BCUT2D eigenvalue weighted by molar-refractivity contribution is -0.182. The molecule has 0 aromatic heterocycles. The first-order chi connectivity index (χ1) is 39.6. The van der Waals surface area contributed by atoms with E-state index in [1.165, 1.54) is 0 Å². The molecule has 27 heteroatoms. The van der Waals surface area contributed by atoms with Crippen LogP contribution in [0.25, 0.3) is 0 Å². The SMILES string of the molecule is CC(C)OC(=O)/C=C(/CC(=O)OC(C)C)C(=O)OC(C)C.CC(C)OC(=O)CC(C(=O)OC(C)C)C(=O)C(=O)OC(C)C.CC(C)OC(=O)CC(C(=O)OC(C)C)C(O)C(=O)OC(C)C.CC(C)OC(=O)CC(O)(CC(=O)OC(C)C)C(=O)OC(C)C. The number of rotatable bonds is 31. The van der Waals surface area contributed by atoms with E-state index in [2.05, 4.69) is 0 Å². The monoisotopic (exact) mass is 1250 g/mol. The Bertz CT molecular complexity index is 2210. The maximum atomic E-state index is 12.0. The minimum Gasteiger partial charge on any atom is -0.463 e. The van der Waals surface area contributed by atoms with Gasteiger partial charge in [0.1, 0.15) is 11.8 Å². The fourth-order valence-corrected chi connectivity index (χ4v) is 6.05. The van der Waals surface area contributed by atoms with Crippen LogP contribution >= 0.6 is 0 Å². The van der Waals surface area contributed by atoms with Crippen LogP contribution in [0.2, 0.25) is 0 Å². The quantitative estimate of drug-likeness (QED) is 0.0259. The highest BCUT2D eigenvalue weighted by Crippen LogP contribution is 2.22. The van der Waals surface area contributed by atoms with Gasteiger partial charge in [0.15, 0.2) is 11.7 Å². The second-order valence-corrected chi connectivity index (χ2v) is 22.6. The number of carbonyl (C=O) groups excluding carboxylic acids is 13. The Kier molecular flexibility index (Phi) is 44.1. The summed E-state index contributed by atoms with van der Waals surface area (Å²) in [5, 5.41) is 20.4. The zero-order valence-electron chi connectivity index (χ0n) is 55.4. The van der Waals surface area contributed by atoms with Gasteiger partial charge in [-0.15, -0.1) is 0 Å². The normalized spacial score (nSPS) is 12.4. The molecule has 27 nitrogen and oxygen atoms in total. The van der Waals surface area contributed by atoms with Crippen molar-refractivity contribution >= 4 is 77.4 Å². The van der Waals surface area contributed by atoms with Crippen LogP contribution in [0.3, 0.4) is 0 Å². The van der Waals surface area contributed by atoms with Crippen molar-refractivity contribution in [3.05, 3.63) is 11.6 Å². The van der Waals surface area contributed by atoms with Crippen LogP contribution in [-0.4, -0.2) is 173 Å². The smallest absolute Gasteiger partial charge is 0.375 e. The molecule has 0 bridgehead atoms. The first-order valence-corrected chi connectivity index (χ1v) is 28.7. The van der Waals surface area contributed by atoms with E-state index in [0.717, 1.165) is 6.08 Å². The maximum absolute atomic E-state index is 12.0. The average Bonchev–Trinajstić information content (AvgIpc) is 3.50. The van der Waals surface area contributed by atoms with Gasteiger partial charge in [-0.05, 0) is 166 Å². The van der Waals surface area contributed by atoms with Crippen molar-refractivity contribution < 1.29 is 129 Å². The first-order valence-electron chi connectivity index (χ1n) is 28.7. The van der Waals surface area contributed by atoms with Gasteiger partial charge < -0.3 is 67.1 Å². The van der Waals surface area contributed by atoms with Gasteiger partial charge in [-0.2, -0.15) is 0 Å². The lowest BCUT2D eigenvalue weighted by Gasteiger charge is -2.26. The Morgan fingerprint density at radius 2 is 0.655 bits per heavy atom. The molecule has 87 heavy (non-hydrogen) atoms. The Labute approximate surface area is 512 Å². The van der Waals surface area contributed by atoms with Crippen molar-refractivity contribution in [2.45, 2.75) is 283 Å². The number of ether oxygens (including phenoxy) is 12. The minimum atomic E-state index is -2.30. The van der Waals surface area contributed by atoms with E-state index in [4.69, 9.17) is 56.8 Å². The Morgan fingerprint density at radius 3 is 1.02 bits per heavy atom. The van der Waals surface area contributed by atoms with E-state index in [0.29, 0.717) is 0 Å². The van der Waals surface area contributed by atoms with Gasteiger partial charge in [-0.3, -0.25) is 38.4 Å². The number of carbonyl (C=O) groups is 13. The molecule has 0 amide bonds. The Hall–Kier alpha value is -7.03. The van der Waals surface area contributed by atoms with Crippen LogP contribution in [0.1, 0.15) is 198 Å². The maximum Gasteiger partial charge on any atom is 0.375 e. The molecule has 3 atom stereocenters. The summed E-state index contributed by atoms with van der Waals surface area (Å²) in [5.74, 6) is -14.1. The van der Waals surface area contributed by atoms with Crippen LogP contribution in [0.4, 0.5) is 0 Å². The van der Waals surface area contributed by atoms with Crippen molar-refractivity contribution in [3.63, 3.8) is 0 Å². The summed E-state index contributed by atoms with van der Waals surface area (Å²) in [6.07, 6.45) is -8.45. The van der Waals surface area contributed by atoms with Gasteiger partial charge in [0.25, 0.3) is 5.78 Å². The number of ketones is 1. The molecule has 0 aromatic carbocycles. The molecule has 0 aliphatic rings. The third kappa shape index (κ3) is 45.9. The van der Waals surface area contributed by atoms with E-state index in [9.17, 15) is 72.5 Å². The van der Waals surface area contributed by atoms with Crippen molar-refractivity contribution in [1.82, 2.24) is 0 Å². The van der Waals surface area contributed by atoms with Crippen molar-refractivity contribution in [2.24, 2.45) is 11.8 Å². The molecule has 0 aromatic rings. The highest BCUT2D eigenvalue weighted by atomic mass is 16.6. The standard InChI is InChI=1S/2C15H26O7.C15H24O7.C15H24O6/c1-9(2)20-12(16)7-15(19,14(18)22-11(5)6)8-13(17)21-10(3)4;2*1-8(2)20-12(16)7-11(14(18)21-9(3)4)13(17)15(19)22-10(5)6;1-9(2)19-13(16)7-12(15(18)21-11(5)6)8-14(17)20-10(3)4/h9-11,19H,7-8H2,1-6H3;8-11,13,17H,7H2,1-6H3;8-11H,7H2,1-6H3;7,9-11H,8H2,1-6H3/b;;;12-7-. The predicted octanol–water partition coefficient (Wildman–Crippen LogP) is 6.14. The number of esters is 12. The molecule has 0 saturated carbocycles. The van der Waals surface area contributed by atoms with Gasteiger partial charge in [-0.25, -0.2) is 24.0 Å². The van der Waals surface area contributed by atoms with Gasteiger partial charge in [0.2, 0.25) is 0 Å². The molecule has 0 heterocycles. The number of hydrogen-bond acceptors (Lipinski definition) is 27. The molecule has 2 N–H and O–H groups in total. The van der Waals surface area contributed by atoms with Crippen LogP contribution in [0.15, 0.2) is 11.6 Å². The topological polar surface area (TPSA) is 373 Å². The summed E-state index contributed by atoms with van der Waals surface area (Å²) in [6.45, 7) is 39.2. The fourth-order valence-electron chi connectivity index (χ4n) is 6.05. The minimum absolute atomic E-state index is 0.0833. The zero-order chi connectivity index (χ0) is 69.0. The second kappa shape index (κ2) is 44.4. The molecule has 0 radical (unpaired) electrons. The van der Waals surface area contributed by atoms with E-state index >= 15 is 0 Å². The van der Waals surface area contributed by atoms with Gasteiger partial charge in [-0.1, -0.05) is 0 Å². The van der Waals surface area contributed by atoms with E-state index in [1.807, 2.05) is 0 Å². The lowest BCUT2D eigenvalue weighted by Crippen LogP contribution is -2.46. The number of hydrogen-bond donors (Lipinski definition) is 2. The third-order valence-electron chi connectivity index (χ3n) is 8.90. The molecule has 3 unspecified atom stereocenters. The van der Waals surface area contributed by atoms with Gasteiger partial charge >= 0.3 is 71.6 Å². The van der Waals surface area contributed by atoms with Crippen LogP contribution in [0.5, 0.6) is 0 Å². The zero-order valence-corrected chi connectivity index (χ0v) is 55.4. The molecule has 502 valence electrons. The van der Waals surface area contributed by atoms with Crippen LogP contribution in [0, 0.1) is 11.8 Å².